The van der Waals surface area contributed by atoms with Gasteiger partial charge in [0, 0.05) is 12.4 Å². The molecular formula is C11H17N3. The van der Waals surface area contributed by atoms with Crippen LogP contribution in [0.1, 0.15) is 32.0 Å². The molecule has 0 saturated heterocycles. The fourth-order valence-corrected chi connectivity index (χ4v) is 0.976. The van der Waals surface area contributed by atoms with Crippen molar-refractivity contribution < 1.29 is 0 Å². The highest BCUT2D eigenvalue weighted by Gasteiger charge is 2.00. The number of hydrogen-bond donors (Lipinski definition) is 0. The molecule has 1 aromatic rings. The number of rotatable bonds is 2. The smallest absolute Gasteiger partial charge is 0.116 e. The molecular weight excluding hydrogens is 174 g/mol. The Morgan fingerprint density at radius 1 is 1.50 bits per heavy atom. The summed E-state index contributed by atoms with van der Waals surface area (Å²) in [6.45, 7) is 11.4. The third-order valence-corrected chi connectivity index (χ3v) is 1.52. The largest absolute Gasteiger partial charge is 0.260 e. The lowest BCUT2D eigenvalue weighted by Gasteiger charge is -2.00. The molecule has 3 nitrogen and oxygen atoms in total. The molecule has 14 heavy (non-hydrogen) atoms. The van der Waals surface area contributed by atoms with Gasteiger partial charge in [-0.1, -0.05) is 20.4 Å². The zero-order valence-electron chi connectivity index (χ0n) is 9.28. The maximum Gasteiger partial charge on any atom is 0.116 e. The normalized spacial score (nSPS) is 10.1. The molecule has 0 bridgehead atoms. The Bertz CT molecular complexity index is 316. The number of nitrogens with zero attached hydrogens (tertiary/aromatic N) is 3. The van der Waals surface area contributed by atoms with E-state index in [1.165, 1.54) is 12.5 Å². The van der Waals surface area contributed by atoms with E-state index >= 15 is 0 Å². The fourth-order valence-electron chi connectivity index (χ4n) is 0.976. The second-order valence-corrected chi connectivity index (χ2v) is 2.45. The van der Waals surface area contributed by atoms with Gasteiger partial charge in [0.25, 0.3) is 0 Å². The predicted octanol–water partition coefficient (Wildman–Crippen LogP) is 2.76. The minimum Gasteiger partial charge on any atom is -0.260 e. The van der Waals surface area contributed by atoms with Crippen LogP contribution in [0.2, 0.25) is 0 Å². The molecule has 0 fully saturated rings. The Labute approximate surface area is 85.6 Å². The van der Waals surface area contributed by atoms with Gasteiger partial charge in [-0.3, -0.25) is 4.99 Å². The van der Waals surface area contributed by atoms with Crippen LogP contribution in [0.5, 0.6) is 0 Å². The van der Waals surface area contributed by atoms with E-state index in [4.69, 9.17) is 0 Å². The van der Waals surface area contributed by atoms with E-state index < -0.39 is 0 Å². The highest BCUT2D eigenvalue weighted by Crippen LogP contribution is 2.02. The summed E-state index contributed by atoms with van der Waals surface area (Å²) in [4.78, 5) is 12.0. The van der Waals surface area contributed by atoms with E-state index in [1.54, 1.807) is 6.20 Å². The van der Waals surface area contributed by atoms with Gasteiger partial charge in [0.05, 0.1) is 11.4 Å². The summed E-state index contributed by atoms with van der Waals surface area (Å²) in [6.07, 6.45) is 4.80. The van der Waals surface area contributed by atoms with Crippen LogP contribution in [0.15, 0.2) is 30.3 Å². The Balaban J connectivity index is 0.000000791. The zero-order valence-corrected chi connectivity index (χ0v) is 9.28. The van der Waals surface area contributed by atoms with Crippen molar-refractivity contribution in [3.05, 3.63) is 36.6 Å². The van der Waals surface area contributed by atoms with Crippen molar-refractivity contribution in [1.82, 2.24) is 9.97 Å². The van der Waals surface area contributed by atoms with Crippen LogP contribution in [-0.2, 0) is 0 Å². The van der Waals surface area contributed by atoms with Gasteiger partial charge in [-0.25, -0.2) is 9.97 Å². The molecule has 76 valence electrons. The molecule has 1 rings (SSSR count). The van der Waals surface area contributed by atoms with E-state index in [9.17, 15) is 0 Å². The van der Waals surface area contributed by atoms with E-state index in [0.29, 0.717) is 0 Å². The Kier molecular flexibility index (Phi) is 6.20. The first kappa shape index (κ1) is 12.5. The third kappa shape index (κ3) is 3.47. The average molecular weight is 191 g/mol. The van der Waals surface area contributed by atoms with Crippen molar-refractivity contribution in [2.45, 2.75) is 27.7 Å². The summed E-state index contributed by atoms with van der Waals surface area (Å²) < 4.78 is 0. The predicted molar refractivity (Wildman–Crippen MR) is 60.5 cm³/mol. The third-order valence-electron chi connectivity index (χ3n) is 1.52. The maximum atomic E-state index is 4.11. The number of hydrogen-bond acceptors (Lipinski definition) is 3. The Morgan fingerprint density at radius 2 is 2.14 bits per heavy atom. The molecule has 0 unspecified atom stereocenters. The van der Waals surface area contributed by atoms with E-state index in [-0.39, 0.29) is 0 Å². The second-order valence-electron chi connectivity index (χ2n) is 2.45. The molecule has 0 radical (unpaired) electrons. The van der Waals surface area contributed by atoms with Crippen LogP contribution < -0.4 is 0 Å². The van der Waals surface area contributed by atoms with Crippen LogP contribution in [-0.4, -0.2) is 15.7 Å². The first-order valence-electron chi connectivity index (χ1n) is 4.68. The molecule has 0 aliphatic carbocycles. The molecule has 1 heterocycles. The summed E-state index contributed by atoms with van der Waals surface area (Å²) in [7, 11) is 0. The van der Waals surface area contributed by atoms with Gasteiger partial charge < -0.3 is 0 Å². The van der Waals surface area contributed by atoms with Crippen LogP contribution in [0.4, 0.5) is 0 Å². The molecule has 0 amide bonds. The molecule has 0 atom stereocenters. The van der Waals surface area contributed by atoms with Crippen LogP contribution in [0, 0.1) is 6.92 Å². The van der Waals surface area contributed by atoms with Gasteiger partial charge in [-0.2, -0.15) is 0 Å². The van der Waals surface area contributed by atoms with Gasteiger partial charge >= 0.3 is 0 Å². The monoisotopic (exact) mass is 191 g/mol. The van der Waals surface area contributed by atoms with Crippen molar-refractivity contribution >= 4 is 5.71 Å². The minimum atomic E-state index is 0.866. The maximum absolute atomic E-state index is 4.11. The lowest BCUT2D eigenvalue weighted by atomic mass is 10.2. The Morgan fingerprint density at radius 3 is 2.64 bits per heavy atom. The highest BCUT2D eigenvalue weighted by atomic mass is 14.8. The number of aryl methyl sites for hydroxylation is 1. The summed E-state index contributed by atoms with van der Waals surface area (Å²) in [6, 6.07) is 0. The summed E-state index contributed by atoms with van der Waals surface area (Å²) in [5, 5.41) is 0. The van der Waals surface area contributed by atoms with E-state index in [1.807, 2.05) is 27.7 Å². The van der Waals surface area contributed by atoms with Gasteiger partial charge in [0.1, 0.15) is 6.33 Å². The topological polar surface area (TPSA) is 38.1 Å². The minimum absolute atomic E-state index is 0.866. The molecule has 0 spiro atoms. The van der Waals surface area contributed by atoms with E-state index in [2.05, 4.69) is 21.5 Å². The van der Waals surface area contributed by atoms with Crippen molar-refractivity contribution in [2.24, 2.45) is 4.99 Å². The average Bonchev–Trinajstić information content (AvgIpc) is 2.22. The molecule has 0 saturated carbocycles. The van der Waals surface area contributed by atoms with Crippen LogP contribution >= 0.6 is 0 Å². The molecule has 0 aliphatic rings. The van der Waals surface area contributed by atoms with E-state index in [0.717, 1.165) is 17.0 Å². The summed E-state index contributed by atoms with van der Waals surface area (Å²) in [5.74, 6) is 0. The van der Waals surface area contributed by atoms with Crippen LogP contribution in [0.25, 0.3) is 0 Å². The number of aromatic nitrogens is 2. The standard InChI is InChI=1S/C9H11N3.C2H6/c1-4-11-8(3)9-7(2)5-10-6-12-9;1-2/h4-6H,1H2,2-3H3;1-2H3. The van der Waals surface area contributed by atoms with Crippen molar-refractivity contribution in [3.63, 3.8) is 0 Å². The lowest BCUT2D eigenvalue weighted by molar-refractivity contribution is 1.11. The number of aliphatic imine (C=N–C) groups is 1. The second kappa shape index (κ2) is 6.95. The van der Waals surface area contributed by atoms with Crippen LogP contribution in [0.3, 0.4) is 0 Å². The Hall–Kier alpha value is -1.51. The molecule has 0 aliphatic heterocycles. The quantitative estimate of drug-likeness (QED) is 0.674. The molecule has 1 aromatic heterocycles. The highest BCUT2D eigenvalue weighted by molar-refractivity contribution is 5.98. The van der Waals surface area contributed by atoms with Crippen molar-refractivity contribution in [2.75, 3.05) is 0 Å². The molecule has 3 heteroatoms. The first-order valence-corrected chi connectivity index (χ1v) is 4.68. The van der Waals surface area contributed by atoms with Gasteiger partial charge in [0.15, 0.2) is 0 Å². The summed E-state index contributed by atoms with van der Waals surface area (Å²) in [5.41, 5.74) is 2.77. The van der Waals surface area contributed by atoms with Gasteiger partial charge in [0.2, 0.25) is 0 Å². The molecule has 0 aromatic carbocycles. The van der Waals surface area contributed by atoms with Gasteiger partial charge in [-0.05, 0) is 19.4 Å². The van der Waals surface area contributed by atoms with Crippen molar-refractivity contribution in [1.29, 1.82) is 0 Å². The fraction of sp³-hybridized carbons (Fsp3) is 0.364. The van der Waals surface area contributed by atoms with Crippen molar-refractivity contribution in [3.8, 4) is 0 Å². The molecule has 0 N–H and O–H groups in total. The van der Waals surface area contributed by atoms with Gasteiger partial charge in [-0.15, -0.1) is 0 Å². The SMILES string of the molecule is C=CN=C(C)c1ncncc1C.CC. The summed E-state index contributed by atoms with van der Waals surface area (Å²) >= 11 is 0. The zero-order chi connectivity index (χ0) is 11.0. The lowest BCUT2D eigenvalue weighted by Crippen LogP contribution is -2.01. The first-order chi connectivity index (χ1) is 6.75.